The first-order chi connectivity index (χ1) is 12.8. The van der Waals surface area contributed by atoms with Crippen LogP contribution in [0.1, 0.15) is 49.1 Å². The summed E-state index contributed by atoms with van der Waals surface area (Å²) >= 11 is 12.5. The van der Waals surface area contributed by atoms with Gasteiger partial charge in [-0.15, -0.1) is 0 Å². The summed E-state index contributed by atoms with van der Waals surface area (Å²) in [7, 11) is 0. The Morgan fingerprint density at radius 2 is 1.63 bits per heavy atom. The Morgan fingerprint density at radius 1 is 0.963 bits per heavy atom. The third kappa shape index (κ3) is 5.07. The van der Waals surface area contributed by atoms with Crippen LogP contribution in [0, 0.1) is 0 Å². The molecule has 0 saturated heterocycles. The normalized spacial score (nSPS) is 12.8. The van der Waals surface area contributed by atoms with Gasteiger partial charge in [0.25, 0.3) is 0 Å². The fraction of sp³-hybridized carbons (Fsp3) is 0.273. The van der Waals surface area contributed by atoms with Crippen LogP contribution in [0.15, 0.2) is 61.2 Å². The summed E-state index contributed by atoms with van der Waals surface area (Å²) in [5.41, 5.74) is 4.19. The molecular formula is C22H22Cl2N2O. The molecular weight excluding hydrogens is 379 g/mol. The van der Waals surface area contributed by atoms with Gasteiger partial charge in [0.05, 0.1) is 6.61 Å². The second kappa shape index (κ2) is 8.39. The van der Waals surface area contributed by atoms with E-state index in [0.717, 1.165) is 16.7 Å². The lowest BCUT2D eigenvalue weighted by Gasteiger charge is -2.21. The lowest BCUT2D eigenvalue weighted by Crippen LogP contribution is -2.11. The molecule has 1 unspecified atom stereocenters. The van der Waals surface area contributed by atoms with Crippen molar-refractivity contribution in [3.8, 4) is 0 Å². The SMILES string of the molecule is CC(C)(C)c1ccc(COC(c2cncnc2)c2ccc(Cl)cc2Cl)cc1. The van der Waals surface area contributed by atoms with Crippen molar-refractivity contribution in [1.82, 2.24) is 9.97 Å². The van der Waals surface area contributed by atoms with Gasteiger partial charge in [-0.2, -0.15) is 0 Å². The van der Waals surface area contributed by atoms with Crippen LogP contribution < -0.4 is 0 Å². The van der Waals surface area contributed by atoms with Gasteiger partial charge in [0, 0.05) is 33.6 Å². The van der Waals surface area contributed by atoms with E-state index in [0.29, 0.717) is 16.7 Å². The molecule has 0 N–H and O–H groups in total. The van der Waals surface area contributed by atoms with Crippen LogP contribution in [-0.4, -0.2) is 9.97 Å². The van der Waals surface area contributed by atoms with E-state index >= 15 is 0 Å². The minimum Gasteiger partial charge on any atom is -0.364 e. The van der Waals surface area contributed by atoms with Crippen molar-refractivity contribution in [2.24, 2.45) is 0 Å². The molecule has 0 radical (unpaired) electrons. The minimum absolute atomic E-state index is 0.125. The van der Waals surface area contributed by atoms with E-state index < -0.39 is 0 Å². The molecule has 1 atom stereocenters. The average molecular weight is 401 g/mol. The summed E-state index contributed by atoms with van der Waals surface area (Å²) in [4.78, 5) is 8.22. The Labute approximate surface area is 170 Å². The Morgan fingerprint density at radius 3 is 2.22 bits per heavy atom. The zero-order valence-corrected chi connectivity index (χ0v) is 17.1. The molecule has 0 fully saturated rings. The van der Waals surface area contributed by atoms with Crippen LogP contribution in [-0.2, 0) is 16.8 Å². The summed E-state index contributed by atoms with van der Waals surface area (Å²) in [6, 6.07) is 13.9. The Bertz CT molecular complexity index is 890. The van der Waals surface area contributed by atoms with Crippen molar-refractivity contribution >= 4 is 23.2 Å². The molecule has 3 rings (SSSR count). The molecule has 1 aromatic heterocycles. The number of halogens is 2. The van der Waals surface area contributed by atoms with Crippen molar-refractivity contribution < 1.29 is 4.74 Å². The highest BCUT2D eigenvalue weighted by Crippen LogP contribution is 2.33. The number of nitrogens with zero attached hydrogens (tertiary/aromatic N) is 2. The van der Waals surface area contributed by atoms with Gasteiger partial charge in [-0.3, -0.25) is 0 Å². The molecule has 0 spiro atoms. The van der Waals surface area contributed by atoms with Gasteiger partial charge in [0.15, 0.2) is 0 Å². The lowest BCUT2D eigenvalue weighted by atomic mass is 9.87. The second-order valence-electron chi connectivity index (χ2n) is 7.48. The molecule has 0 bridgehead atoms. The summed E-state index contributed by atoms with van der Waals surface area (Å²) in [6.07, 6.45) is 4.60. The van der Waals surface area contributed by atoms with Gasteiger partial charge < -0.3 is 4.74 Å². The van der Waals surface area contributed by atoms with Crippen molar-refractivity contribution in [2.75, 3.05) is 0 Å². The summed E-state index contributed by atoms with van der Waals surface area (Å²) in [5, 5.41) is 1.14. The van der Waals surface area contributed by atoms with Crippen molar-refractivity contribution in [3.05, 3.63) is 93.5 Å². The summed E-state index contributed by atoms with van der Waals surface area (Å²) < 4.78 is 6.24. The van der Waals surface area contributed by atoms with Crippen LogP contribution in [0.4, 0.5) is 0 Å². The molecule has 0 saturated carbocycles. The van der Waals surface area contributed by atoms with E-state index in [1.165, 1.54) is 11.9 Å². The summed E-state index contributed by atoms with van der Waals surface area (Å²) in [5.74, 6) is 0. The van der Waals surface area contributed by atoms with Gasteiger partial charge in [-0.25, -0.2) is 9.97 Å². The monoisotopic (exact) mass is 400 g/mol. The fourth-order valence-corrected chi connectivity index (χ4v) is 3.31. The van der Waals surface area contributed by atoms with Crippen molar-refractivity contribution in [1.29, 1.82) is 0 Å². The van der Waals surface area contributed by atoms with E-state index in [4.69, 9.17) is 27.9 Å². The minimum atomic E-state index is -0.377. The molecule has 0 amide bonds. The highest BCUT2D eigenvalue weighted by molar-refractivity contribution is 6.35. The Hall–Kier alpha value is -1.94. The standard InChI is InChI=1S/C22H22Cl2N2O/c1-22(2,3)17-6-4-15(5-7-17)13-27-21(16-11-25-14-26-12-16)19-9-8-18(23)10-20(19)24/h4-12,14,21H,13H2,1-3H3. The number of hydrogen-bond donors (Lipinski definition) is 0. The lowest BCUT2D eigenvalue weighted by molar-refractivity contribution is 0.0663. The van der Waals surface area contributed by atoms with Crippen molar-refractivity contribution in [3.63, 3.8) is 0 Å². The van der Waals surface area contributed by atoms with E-state index in [-0.39, 0.29) is 11.5 Å². The van der Waals surface area contributed by atoms with Crippen LogP contribution in [0.2, 0.25) is 10.0 Å². The zero-order valence-electron chi connectivity index (χ0n) is 15.6. The summed E-state index contributed by atoms with van der Waals surface area (Å²) in [6.45, 7) is 7.05. The maximum atomic E-state index is 6.42. The van der Waals surface area contributed by atoms with Crippen LogP contribution in [0.5, 0.6) is 0 Å². The van der Waals surface area contributed by atoms with Crippen molar-refractivity contribution in [2.45, 2.75) is 38.9 Å². The van der Waals surface area contributed by atoms with E-state index in [9.17, 15) is 0 Å². The van der Waals surface area contributed by atoms with Gasteiger partial charge in [-0.1, -0.05) is 74.3 Å². The number of ether oxygens (including phenoxy) is 1. The molecule has 0 aliphatic heterocycles. The molecule has 3 aromatic rings. The second-order valence-corrected chi connectivity index (χ2v) is 8.32. The van der Waals surface area contributed by atoms with E-state index in [2.05, 4.69) is 55.0 Å². The van der Waals surface area contributed by atoms with Gasteiger partial charge >= 0.3 is 0 Å². The zero-order chi connectivity index (χ0) is 19.4. The number of benzene rings is 2. The van der Waals surface area contributed by atoms with Crippen LogP contribution >= 0.6 is 23.2 Å². The Kier molecular flexibility index (Phi) is 6.15. The first-order valence-electron chi connectivity index (χ1n) is 8.75. The first-order valence-corrected chi connectivity index (χ1v) is 9.51. The highest BCUT2D eigenvalue weighted by atomic mass is 35.5. The fourth-order valence-electron chi connectivity index (χ4n) is 2.81. The molecule has 140 valence electrons. The Balaban J connectivity index is 1.84. The molecule has 1 heterocycles. The van der Waals surface area contributed by atoms with Crippen LogP contribution in [0.25, 0.3) is 0 Å². The molecule has 3 nitrogen and oxygen atoms in total. The quantitative estimate of drug-likeness (QED) is 0.497. The predicted molar refractivity (Wildman–Crippen MR) is 110 cm³/mol. The molecule has 0 aliphatic rings. The number of aromatic nitrogens is 2. The molecule has 2 aromatic carbocycles. The molecule has 0 aliphatic carbocycles. The maximum Gasteiger partial charge on any atom is 0.115 e. The third-order valence-electron chi connectivity index (χ3n) is 4.36. The molecule has 5 heteroatoms. The maximum absolute atomic E-state index is 6.42. The van der Waals surface area contributed by atoms with Crippen LogP contribution in [0.3, 0.4) is 0 Å². The van der Waals surface area contributed by atoms with E-state index in [1.807, 2.05) is 6.07 Å². The smallest absolute Gasteiger partial charge is 0.115 e. The van der Waals surface area contributed by atoms with Gasteiger partial charge in [-0.05, 0) is 28.7 Å². The predicted octanol–water partition coefficient (Wildman–Crippen LogP) is 6.39. The average Bonchev–Trinajstić information content (AvgIpc) is 2.64. The van der Waals surface area contributed by atoms with E-state index in [1.54, 1.807) is 24.5 Å². The first kappa shape index (κ1) is 19.8. The largest absolute Gasteiger partial charge is 0.364 e. The highest BCUT2D eigenvalue weighted by Gasteiger charge is 2.19. The topological polar surface area (TPSA) is 35.0 Å². The number of rotatable bonds is 5. The third-order valence-corrected chi connectivity index (χ3v) is 4.93. The van der Waals surface area contributed by atoms with Gasteiger partial charge in [0.1, 0.15) is 12.4 Å². The number of hydrogen-bond acceptors (Lipinski definition) is 3. The van der Waals surface area contributed by atoms with Gasteiger partial charge in [0.2, 0.25) is 0 Å². The molecule has 27 heavy (non-hydrogen) atoms.